The van der Waals surface area contributed by atoms with Gasteiger partial charge in [0.1, 0.15) is 0 Å². The van der Waals surface area contributed by atoms with Crippen molar-refractivity contribution < 1.29 is 14.3 Å². The minimum absolute atomic E-state index is 0.108. The summed E-state index contributed by atoms with van der Waals surface area (Å²) in [6, 6.07) is 19.4. The lowest BCUT2D eigenvalue weighted by Crippen LogP contribution is -2.25. The molecule has 0 spiro atoms. The second-order valence-corrected chi connectivity index (χ2v) is 6.58. The van der Waals surface area contributed by atoms with E-state index in [0.29, 0.717) is 18.5 Å². The Morgan fingerprint density at radius 2 is 1.71 bits per heavy atom. The fourth-order valence-electron chi connectivity index (χ4n) is 3.09. The van der Waals surface area contributed by atoms with Gasteiger partial charge >= 0.3 is 5.97 Å². The molecule has 0 unspecified atom stereocenters. The second-order valence-electron chi connectivity index (χ2n) is 6.58. The fraction of sp³-hybridized carbons (Fsp3) is 0.261. The number of hydrogen-bond donors (Lipinski definition) is 1. The van der Waals surface area contributed by atoms with Crippen molar-refractivity contribution in [1.29, 1.82) is 0 Å². The Morgan fingerprint density at radius 3 is 2.50 bits per heavy atom. The van der Waals surface area contributed by atoms with Crippen molar-refractivity contribution >= 4 is 22.8 Å². The standard InChI is InChI=1S/C23H24N2O3/c1-28-22(26)14-6-3-9-15-24-23(27)19-16-21(17-10-4-2-5-11-17)25-20-13-8-7-12-18(19)20/h2,4-5,7-8,10-13,16H,3,6,9,14-15H2,1H3,(H,24,27). The van der Waals surface area contributed by atoms with Crippen molar-refractivity contribution in [2.45, 2.75) is 25.7 Å². The monoisotopic (exact) mass is 376 g/mol. The number of fused-ring (bicyclic) bond motifs is 1. The van der Waals surface area contributed by atoms with Crippen LogP contribution in [0.1, 0.15) is 36.0 Å². The van der Waals surface area contributed by atoms with Crippen LogP contribution in [-0.2, 0) is 9.53 Å². The summed E-state index contributed by atoms with van der Waals surface area (Å²) in [5, 5.41) is 3.83. The number of para-hydroxylation sites is 1. The summed E-state index contributed by atoms with van der Waals surface area (Å²) < 4.78 is 4.63. The molecule has 0 saturated carbocycles. The number of carbonyl (C=O) groups is 2. The molecule has 1 amide bonds. The molecule has 0 bridgehead atoms. The first-order chi connectivity index (χ1) is 13.7. The average molecular weight is 376 g/mol. The summed E-state index contributed by atoms with van der Waals surface area (Å²) >= 11 is 0. The highest BCUT2D eigenvalue weighted by atomic mass is 16.5. The van der Waals surface area contributed by atoms with Crippen LogP contribution in [0.4, 0.5) is 0 Å². The zero-order chi connectivity index (χ0) is 19.8. The molecule has 2 aromatic carbocycles. The van der Waals surface area contributed by atoms with Crippen LogP contribution in [0.2, 0.25) is 0 Å². The number of ether oxygens (including phenoxy) is 1. The predicted octanol–water partition coefficient (Wildman–Crippen LogP) is 4.37. The molecule has 1 heterocycles. The molecule has 0 radical (unpaired) electrons. The Labute approximate surface area is 164 Å². The molecule has 0 aliphatic rings. The molecule has 0 aliphatic heterocycles. The van der Waals surface area contributed by atoms with Crippen LogP contribution in [0.3, 0.4) is 0 Å². The van der Waals surface area contributed by atoms with Gasteiger partial charge in [0.25, 0.3) is 5.91 Å². The van der Waals surface area contributed by atoms with Gasteiger partial charge in [-0.1, -0.05) is 55.0 Å². The van der Waals surface area contributed by atoms with Gasteiger partial charge in [0.05, 0.1) is 23.9 Å². The van der Waals surface area contributed by atoms with E-state index >= 15 is 0 Å². The van der Waals surface area contributed by atoms with Gasteiger partial charge in [-0.15, -0.1) is 0 Å². The van der Waals surface area contributed by atoms with E-state index in [2.05, 4.69) is 10.1 Å². The van der Waals surface area contributed by atoms with Crippen LogP contribution in [0.5, 0.6) is 0 Å². The summed E-state index contributed by atoms with van der Waals surface area (Å²) in [7, 11) is 1.39. The summed E-state index contributed by atoms with van der Waals surface area (Å²) in [6.07, 6.45) is 2.86. The highest BCUT2D eigenvalue weighted by molar-refractivity contribution is 6.07. The molecule has 0 atom stereocenters. The number of aromatic nitrogens is 1. The van der Waals surface area contributed by atoms with Crippen LogP contribution < -0.4 is 5.32 Å². The van der Waals surface area contributed by atoms with Gasteiger partial charge in [-0.25, -0.2) is 4.98 Å². The maximum atomic E-state index is 12.8. The van der Waals surface area contributed by atoms with Gasteiger partial charge in [-0.3, -0.25) is 9.59 Å². The number of rotatable bonds is 8. The first-order valence-electron chi connectivity index (χ1n) is 9.49. The predicted molar refractivity (Wildman–Crippen MR) is 110 cm³/mol. The van der Waals surface area contributed by atoms with Gasteiger partial charge in [0, 0.05) is 23.9 Å². The molecule has 5 heteroatoms. The minimum Gasteiger partial charge on any atom is -0.469 e. The lowest BCUT2D eigenvalue weighted by molar-refractivity contribution is -0.140. The van der Waals surface area contributed by atoms with Crippen LogP contribution in [0, 0.1) is 0 Å². The van der Waals surface area contributed by atoms with Crippen molar-refractivity contribution in [3.8, 4) is 11.3 Å². The molecule has 3 rings (SSSR count). The van der Waals surface area contributed by atoms with E-state index in [9.17, 15) is 9.59 Å². The molecule has 28 heavy (non-hydrogen) atoms. The molecular formula is C23H24N2O3. The molecule has 1 aromatic heterocycles. The van der Waals surface area contributed by atoms with E-state index in [1.807, 2.05) is 60.7 Å². The average Bonchev–Trinajstić information content (AvgIpc) is 2.75. The van der Waals surface area contributed by atoms with Gasteiger partial charge in [-0.05, 0) is 25.0 Å². The molecule has 144 valence electrons. The lowest BCUT2D eigenvalue weighted by atomic mass is 10.0. The number of hydrogen-bond acceptors (Lipinski definition) is 4. The summed E-state index contributed by atoms with van der Waals surface area (Å²) in [4.78, 5) is 28.6. The fourth-order valence-corrected chi connectivity index (χ4v) is 3.09. The molecule has 0 fully saturated rings. The molecule has 0 aliphatic carbocycles. The Morgan fingerprint density at radius 1 is 0.964 bits per heavy atom. The van der Waals surface area contributed by atoms with Gasteiger partial charge < -0.3 is 10.1 Å². The molecule has 1 N–H and O–H groups in total. The first-order valence-corrected chi connectivity index (χ1v) is 9.49. The first kappa shape index (κ1) is 19.5. The van der Waals surface area contributed by atoms with Gasteiger partial charge in [0.15, 0.2) is 0 Å². The molecule has 3 aromatic rings. The number of carbonyl (C=O) groups excluding carboxylic acids is 2. The van der Waals surface area contributed by atoms with E-state index in [-0.39, 0.29) is 11.9 Å². The Balaban J connectivity index is 1.70. The number of nitrogens with one attached hydrogen (secondary N) is 1. The number of amides is 1. The van der Waals surface area contributed by atoms with E-state index in [0.717, 1.165) is 41.4 Å². The normalized spacial score (nSPS) is 10.6. The Kier molecular flexibility index (Phi) is 6.73. The Hall–Kier alpha value is -3.21. The number of methoxy groups -OCH3 is 1. The van der Waals surface area contributed by atoms with E-state index in [1.165, 1.54) is 7.11 Å². The van der Waals surface area contributed by atoms with Crippen molar-refractivity contribution in [1.82, 2.24) is 10.3 Å². The summed E-state index contributed by atoms with van der Waals surface area (Å²) in [6.45, 7) is 0.567. The molecular weight excluding hydrogens is 352 g/mol. The quantitative estimate of drug-likeness (QED) is 0.468. The van der Waals surface area contributed by atoms with Crippen LogP contribution in [-0.4, -0.2) is 30.5 Å². The number of esters is 1. The van der Waals surface area contributed by atoms with Crippen LogP contribution >= 0.6 is 0 Å². The maximum Gasteiger partial charge on any atom is 0.305 e. The summed E-state index contributed by atoms with van der Waals surface area (Å²) in [5.74, 6) is -0.301. The number of benzene rings is 2. The second kappa shape index (κ2) is 9.65. The smallest absolute Gasteiger partial charge is 0.305 e. The van der Waals surface area contributed by atoms with Gasteiger partial charge in [0.2, 0.25) is 0 Å². The maximum absolute atomic E-state index is 12.8. The van der Waals surface area contributed by atoms with E-state index in [4.69, 9.17) is 4.98 Å². The van der Waals surface area contributed by atoms with Crippen LogP contribution in [0.15, 0.2) is 60.7 Å². The van der Waals surface area contributed by atoms with E-state index in [1.54, 1.807) is 0 Å². The third-order valence-corrected chi connectivity index (χ3v) is 4.60. The SMILES string of the molecule is COC(=O)CCCCCNC(=O)c1cc(-c2ccccc2)nc2ccccc12. The van der Waals surface area contributed by atoms with Crippen molar-refractivity contribution in [3.05, 3.63) is 66.2 Å². The molecule has 5 nitrogen and oxygen atoms in total. The lowest BCUT2D eigenvalue weighted by Gasteiger charge is -2.11. The minimum atomic E-state index is -0.194. The number of pyridine rings is 1. The van der Waals surface area contributed by atoms with E-state index < -0.39 is 0 Å². The Bertz CT molecular complexity index is 954. The highest BCUT2D eigenvalue weighted by Gasteiger charge is 2.13. The van der Waals surface area contributed by atoms with Crippen molar-refractivity contribution in [2.24, 2.45) is 0 Å². The largest absolute Gasteiger partial charge is 0.469 e. The summed E-state index contributed by atoms with van der Waals surface area (Å²) in [5.41, 5.74) is 3.18. The van der Waals surface area contributed by atoms with Crippen molar-refractivity contribution in [2.75, 3.05) is 13.7 Å². The third-order valence-electron chi connectivity index (χ3n) is 4.60. The van der Waals surface area contributed by atoms with Crippen molar-refractivity contribution in [3.63, 3.8) is 0 Å². The topological polar surface area (TPSA) is 68.3 Å². The molecule has 0 saturated heterocycles. The zero-order valence-corrected chi connectivity index (χ0v) is 16.0. The van der Waals surface area contributed by atoms with Crippen LogP contribution in [0.25, 0.3) is 22.2 Å². The number of unbranched alkanes of at least 4 members (excludes halogenated alkanes) is 2. The third kappa shape index (κ3) is 4.94. The highest BCUT2D eigenvalue weighted by Crippen LogP contribution is 2.24. The number of nitrogens with zero attached hydrogens (tertiary/aromatic N) is 1. The van der Waals surface area contributed by atoms with Gasteiger partial charge in [-0.2, -0.15) is 0 Å². The zero-order valence-electron chi connectivity index (χ0n) is 16.0.